The molecule has 8 heteroatoms. The number of hydrogen-bond donors (Lipinski definition) is 1. The number of amides is 2. The third kappa shape index (κ3) is 4.11. The van der Waals surface area contributed by atoms with E-state index in [0.29, 0.717) is 40.5 Å². The van der Waals surface area contributed by atoms with Gasteiger partial charge in [-0.15, -0.1) is 0 Å². The molecule has 2 amide bonds. The van der Waals surface area contributed by atoms with E-state index in [4.69, 9.17) is 18.6 Å². The minimum Gasteiger partial charge on any atom is -0.494 e. The number of carbonyl (C=O) groups excluding carboxylic acids is 1. The molecule has 0 bridgehead atoms. The predicted molar refractivity (Wildman–Crippen MR) is 108 cm³/mol. The average Bonchev–Trinajstić information content (AvgIpc) is 3.18. The van der Waals surface area contributed by atoms with Crippen LogP contribution in [0.4, 0.5) is 10.5 Å². The molecule has 1 aliphatic rings. The maximum atomic E-state index is 12.4. The van der Waals surface area contributed by atoms with Gasteiger partial charge in [-0.3, -0.25) is 4.90 Å². The van der Waals surface area contributed by atoms with Crippen LogP contribution < -0.4 is 19.5 Å². The zero-order valence-electron chi connectivity index (χ0n) is 17.0. The number of methoxy groups -OCH3 is 2. The van der Waals surface area contributed by atoms with Crippen LogP contribution in [0.2, 0.25) is 0 Å². The highest BCUT2D eigenvalue weighted by atomic mass is 16.5. The standard InChI is InChI=1S/C20H29N3O5/c1-22(2)20(24)21-15-16(25-3)14-8-12-27-17(14)19(26-4)18(15)28-13-11-23-9-6-5-7-10-23/h8,12H,5-7,9-11,13H2,1-4H3,(H,21,24). The summed E-state index contributed by atoms with van der Waals surface area (Å²) in [5, 5.41) is 3.58. The Balaban J connectivity index is 1.95. The van der Waals surface area contributed by atoms with Crippen LogP contribution in [0.3, 0.4) is 0 Å². The van der Waals surface area contributed by atoms with Gasteiger partial charge in [0.1, 0.15) is 12.3 Å². The number of likely N-dealkylation sites (tertiary alicyclic amines) is 1. The number of nitrogens with zero attached hydrogens (tertiary/aromatic N) is 2. The molecule has 1 N–H and O–H groups in total. The highest BCUT2D eigenvalue weighted by molar-refractivity contribution is 6.03. The van der Waals surface area contributed by atoms with Gasteiger partial charge < -0.3 is 28.8 Å². The van der Waals surface area contributed by atoms with Crippen molar-refractivity contribution in [3.05, 3.63) is 12.3 Å². The van der Waals surface area contributed by atoms with Gasteiger partial charge in [0.15, 0.2) is 17.1 Å². The molecule has 0 unspecified atom stereocenters. The molecule has 1 saturated heterocycles. The maximum absolute atomic E-state index is 12.4. The van der Waals surface area contributed by atoms with Crippen LogP contribution in [0.5, 0.6) is 17.2 Å². The monoisotopic (exact) mass is 391 g/mol. The molecule has 8 nitrogen and oxygen atoms in total. The fourth-order valence-corrected chi connectivity index (χ4v) is 3.45. The number of anilines is 1. The Kier molecular flexibility index (Phi) is 6.51. The first-order valence-corrected chi connectivity index (χ1v) is 9.55. The van der Waals surface area contributed by atoms with E-state index in [1.807, 2.05) is 0 Å². The van der Waals surface area contributed by atoms with Crippen LogP contribution >= 0.6 is 0 Å². The summed E-state index contributed by atoms with van der Waals surface area (Å²) >= 11 is 0. The Morgan fingerprint density at radius 3 is 2.50 bits per heavy atom. The minimum absolute atomic E-state index is 0.288. The molecule has 1 aromatic heterocycles. The minimum atomic E-state index is -0.288. The van der Waals surface area contributed by atoms with Crippen molar-refractivity contribution in [1.82, 2.24) is 9.80 Å². The summed E-state index contributed by atoms with van der Waals surface area (Å²) in [6.07, 6.45) is 5.29. The van der Waals surface area contributed by atoms with Crippen molar-refractivity contribution in [3.63, 3.8) is 0 Å². The van der Waals surface area contributed by atoms with E-state index in [1.54, 1.807) is 40.6 Å². The van der Waals surface area contributed by atoms with E-state index in [1.165, 1.54) is 24.2 Å². The summed E-state index contributed by atoms with van der Waals surface area (Å²) in [5.74, 6) is 1.33. The second-order valence-electron chi connectivity index (χ2n) is 7.01. The van der Waals surface area contributed by atoms with E-state index < -0.39 is 0 Å². The van der Waals surface area contributed by atoms with Crippen molar-refractivity contribution >= 4 is 22.7 Å². The van der Waals surface area contributed by atoms with Gasteiger partial charge in [0.2, 0.25) is 5.75 Å². The van der Waals surface area contributed by atoms with Crippen LogP contribution in [0.15, 0.2) is 16.7 Å². The Bertz CT molecular complexity index is 812. The summed E-state index contributed by atoms with van der Waals surface area (Å²) in [7, 11) is 6.45. The average molecular weight is 391 g/mol. The highest BCUT2D eigenvalue weighted by Gasteiger charge is 2.26. The zero-order valence-corrected chi connectivity index (χ0v) is 17.0. The van der Waals surface area contributed by atoms with Gasteiger partial charge in [0.25, 0.3) is 0 Å². The van der Waals surface area contributed by atoms with Gasteiger partial charge >= 0.3 is 6.03 Å². The lowest BCUT2D eigenvalue weighted by atomic mass is 10.1. The molecule has 0 spiro atoms. The molecule has 2 aromatic rings. The van der Waals surface area contributed by atoms with Crippen LogP contribution in [0, 0.1) is 0 Å². The second-order valence-corrected chi connectivity index (χ2v) is 7.01. The van der Waals surface area contributed by atoms with Gasteiger partial charge in [-0.05, 0) is 32.0 Å². The highest BCUT2D eigenvalue weighted by Crippen LogP contribution is 2.50. The number of rotatable bonds is 7. The van der Waals surface area contributed by atoms with Gasteiger partial charge in [0.05, 0.1) is 25.9 Å². The number of nitrogens with one attached hydrogen (secondary N) is 1. The van der Waals surface area contributed by atoms with Crippen LogP contribution in [-0.2, 0) is 0 Å². The molecule has 3 rings (SSSR count). The normalized spacial score (nSPS) is 14.7. The first kappa shape index (κ1) is 20.1. The summed E-state index contributed by atoms with van der Waals surface area (Å²) in [4.78, 5) is 16.2. The second kappa shape index (κ2) is 9.05. The predicted octanol–water partition coefficient (Wildman–Crippen LogP) is 3.41. The van der Waals surface area contributed by atoms with Gasteiger partial charge in [0, 0.05) is 20.6 Å². The molecule has 0 radical (unpaired) electrons. The fraction of sp³-hybridized carbons (Fsp3) is 0.550. The molecule has 2 heterocycles. The van der Waals surface area contributed by atoms with Crippen molar-refractivity contribution in [1.29, 1.82) is 0 Å². The Morgan fingerprint density at radius 2 is 1.86 bits per heavy atom. The lowest BCUT2D eigenvalue weighted by Crippen LogP contribution is -2.33. The van der Waals surface area contributed by atoms with E-state index >= 15 is 0 Å². The Hall–Kier alpha value is -2.61. The molecular formula is C20H29N3O5. The number of furan rings is 1. The first-order valence-electron chi connectivity index (χ1n) is 9.55. The molecule has 154 valence electrons. The summed E-state index contributed by atoms with van der Waals surface area (Å²) in [5.41, 5.74) is 0.959. The number of carbonyl (C=O) groups is 1. The lowest BCUT2D eigenvalue weighted by molar-refractivity contribution is 0.181. The van der Waals surface area contributed by atoms with Crippen LogP contribution in [-0.4, -0.2) is 70.4 Å². The lowest BCUT2D eigenvalue weighted by Gasteiger charge is -2.27. The Labute approximate surface area is 165 Å². The molecule has 0 aliphatic carbocycles. The Morgan fingerprint density at radius 1 is 1.14 bits per heavy atom. The zero-order chi connectivity index (χ0) is 20.1. The summed E-state index contributed by atoms with van der Waals surface area (Å²) in [6, 6.07) is 1.49. The van der Waals surface area contributed by atoms with Crippen LogP contribution in [0.1, 0.15) is 19.3 Å². The number of benzene rings is 1. The van der Waals surface area contributed by atoms with Crippen molar-refractivity contribution in [2.45, 2.75) is 19.3 Å². The van der Waals surface area contributed by atoms with E-state index in [-0.39, 0.29) is 6.03 Å². The van der Waals surface area contributed by atoms with Crippen molar-refractivity contribution in [2.24, 2.45) is 0 Å². The molecule has 1 aliphatic heterocycles. The van der Waals surface area contributed by atoms with Gasteiger partial charge in [-0.2, -0.15) is 0 Å². The molecule has 0 saturated carbocycles. The summed E-state index contributed by atoms with van der Waals surface area (Å²) in [6.45, 7) is 3.45. The van der Waals surface area contributed by atoms with Crippen LogP contribution in [0.25, 0.3) is 11.0 Å². The smallest absolute Gasteiger partial charge is 0.321 e. The van der Waals surface area contributed by atoms with Crippen molar-refractivity contribution in [3.8, 4) is 17.2 Å². The van der Waals surface area contributed by atoms with E-state index in [0.717, 1.165) is 19.6 Å². The topological polar surface area (TPSA) is 76.4 Å². The van der Waals surface area contributed by atoms with E-state index in [2.05, 4.69) is 10.2 Å². The molecular weight excluding hydrogens is 362 g/mol. The van der Waals surface area contributed by atoms with Gasteiger partial charge in [-0.25, -0.2) is 4.79 Å². The van der Waals surface area contributed by atoms with Crippen molar-refractivity contribution in [2.75, 3.05) is 59.9 Å². The molecule has 28 heavy (non-hydrogen) atoms. The summed E-state index contributed by atoms with van der Waals surface area (Å²) < 4.78 is 22.9. The van der Waals surface area contributed by atoms with Crippen molar-refractivity contribution < 1.29 is 23.4 Å². The third-order valence-electron chi connectivity index (χ3n) is 4.93. The largest absolute Gasteiger partial charge is 0.494 e. The quantitative estimate of drug-likeness (QED) is 0.780. The van der Waals surface area contributed by atoms with E-state index in [9.17, 15) is 4.79 Å². The number of fused-ring (bicyclic) bond motifs is 1. The number of urea groups is 1. The maximum Gasteiger partial charge on any atom is 0.321 e. The number of ether oxygens (including phenoxy) is 3. The van der Waals surface area contributed by atoms with Gasteiger partial charge in [-0.1, -0.05) is 6.42 Å². The molecule has 0 atom stereocenters. The fourth-order valence-electron chi connectivity index (χ4n) is 3.45. The molecule has 1 fully saturated rings. The third-order valence-corrected chi connectivity index (χ3v) is 4.93. The molecule has 1 aromatic carbocycles. The number of hydrogen-bond acceptors (Lipinski definition) is 6. The number of piperidine rings is 1. The first-order chi connectivity index (χ1) is 13.6. The SMILES string of the molecule is COc1c(NC(=O)N(C)C)c(OCCN2CCCCC2)c(OC)c2occc12.